The molecule has 0 aromatic carbocycles. The molecule has 122 valence electrons. The first-order valence-electron chi connectivity index (χ1n) is 8.02. The van der Waals surface area contributed by atoms with Crippen LogP contribution in [0.4, 0.5) is 0 Å². The molecule has 0 radical (unpaired) electrons. The molecular formula is C18H23N3O2. The number of carbonyl (C=O) groups excluding carboxylic acids is 1. The lowest BCUT2D eigenvalue weighted by Crippen LogP contribution is -2.24. The lowest BCUT2D eigenvalue weighted by molar-refractivity contribution is -0.117. The highest BCUT2D eigenvalue weighted by Crippen LogP contribution is 2.47. The number of aromatic nitrogens is 2. The molecule has 0 bridgehead atoms. The monoisotopic (exact) mass is 313 g/mol. The zero-order valence-electron chi connectivity index (χ0n) is 14.0. The van der Waals surface area contributed by atoms with Gasteiger partial charge in [-0.3, -0.25) is 9.48 Å². The molecule has 0 spiro atoms. The van der Waals surface area contributed by atoms with Gasteiger partial charge in [-0.05, 0) is 44.4 Å². The second kappa shape index (κ2) is 6.07. The van der Waals surface area contributed by atoms with Crippen molar-refractivity contribution in [2.24, 2.45) is 13.0 Å². The van der Waals surface area contributed by atoms with Crippen molar-refractivity contribution in [3.63, 3.8) is 0 Å². The van der Waals surface area contributed by atoms with Gasteiger partial charge in [0.15, 0.2) is 0 Å². The van der Waals surface area contributed by atoms with Crippen LogP contribution >= 0.6 is 0 Å². The Bertz CT molecular complexity index is 741. The van der Waals surface area contributed by atoms with Crippen LogP contribution in [0.5, 0.6) is 0 Å². The van der Waals surface area contributed by atoms with Crippen LogP contribution in [0.2, 0.25) is 0 Å². The third-order valence-corrected chi connectivity index (χ3v) is 4.62. The molecule has 1 aliphatic rings. The Balaban J connectivity index is 1.58. The summed E-state index contributed by atoms with van der Waals surface area (Å²) in [7, 11) is 1.89. The second-order valence-electron chi connectivity index (χ2n) is 6.43. The van der Waals surface area contributed by atoms with Crippen LogP contribution < -0.4 is 5.32 Å². The number of hydrogen-bond donors (Lipinski definition) is 1. The van der Waals surface area contributed by atoms with Gasteiger partial charge in [0, 0.05) is 30.3 Å². The number of nitrogens with one attached hydrogen (secondary N) is 1. The highest BCUT2D eigenvalue weighted by Gasteiger charge is 2.36. The molecular weight excluding hydrogens is 290 g/mol. The van der Waals surface area contributed by atoms with Gasteiger partial charge in [-0.15, -0.1) is 0 Å². The molecule has 2 aromatic heterocycles. The van der Waals surface area contributed by atoms with Gasteiger partial charge in [0.1, 0.15) is 11.5 Å². The van der Waals surface area contributed by atoms with E-state index < -0.39 is 0 Å². The van der Waals surface area contributed by atoms with E-state index in [-0.39, 0.29) is 11.9 Å². The fourth-order valence-corrected chi connectivity index (χ4v) is 2.81. The molecule has 1 amide bonds. The summed E-state index contributed by atoms with van der Waals surface area (Å²) in [5, 5.41) is 7.15. The van der Waals surface area contributed by atoms with Crippen LogP contribution in [0.3, 0.4) is 0 Å². The zero-order valence-corrected chi connectivity index (χ0v) is 14.0. The molecule has 0 aliphatic heterocycles. The molecule has 5 heteroatoms. The third-order valence-electron chi connectivity index (χ3n) is 4.62. The fraction of sp³-hybridized carbons (Fsp3) is 0.444. The van der Waals surface area contributed by atoms with E-state index in [0.29, 0.717) is 11.8 Å². The Kier molecular flexibility index (Phi) is 4.11. The van der Waals surface area contributed by atoms with Gasteiger partial charge < -0.3 is 9.73 Å². The molecule has 5 nitrogen and oxygen atoms in total. The van der Waals surface area contributed by atoms with E-state index in [2.05, 4.69) is 17.3 Å². The van der Waals surface area contributed by atoms with Gasteiger partial charge in [0.2, 0.25) is 5.91 Å². The minimum absolute atomic E-state index is 0.0830. The van der Waals surface area contributed by atoms with Crippen molar-refractivity contribution >= 4 is 12.0 Å². The lowest BCUT2D eigenvalue weighted by atomic mass is 10.1. The predicted molar refractivity (Wildman–Crippen MR) is 88.8 cm³/mol. The average molecular weight is 313 g/mol. The molecule has 1 N–H and O–H groups in total. The van der Waals surface area contributed by atoms with Gasteiger partial charge in [0.05, 0.1) is 12.2 Å². The Hall–Kier alpha value is -2.30. The van der Waals surface area contributed by atoms with E-state index in [9.17, 15) is 4.79 Å². The van der Waals surface area contributed by atoms with Crippen molar-refractivity contribution in [2.45, 2.75) is 39.2 Å². The summed E-state index contributed by atoms with van der Waals surface area (Å²) in [5.74, 6) is 2.87. The Morgan fingerprint density at radius 3 is 2.87 bits per heavy atom. The van der Waals surface area contributed by atoms with Crippen LogP contribution in [0.25, 0.3) is 6.08 Å². The van der Waals surface area contributed by atoms with Crippen LogP contribution in [0, 0.1) is 12.8 Å². The van der Waals surface area contributed by atoms with E-state index in [1.165, 1.54) is 12.5 Å². The van der Waals surface area contributed by atoms with E-state index in [1.807, 2.05) is 33.0 Å². The molecule has 3 atom stereocenters. The first kappa shape index (κ1) is 15.6. The third kappa shape index (κ3) is 3.38. The first-order chi connectivity index (χ1) is 11.0. The van der Waals surface area contributed by atoms with Gasteiger partial charge in [-0.2, -0.15) is 5.10 Å². The van der Waals surface area contributed by atoms with Crippen molar-refractivity contribution in [1.29, 1.82) is 0 Å². The van der Waals surface area contributed by atoms with Gasteiger partial charge >= 0.3 is 0 Å². The molecule has 0 unspecified atom stereocenters. The number of nitrogens with zero attached hydrogens (tertiary/aromatic N) is 2. The van der Waals surface area contributed by atoms with Gasteiger partial charge in [-0.1, -0.05) is 6.92 Å². The topological polar surface area (TPSA) is 60.1 Å². The first-order valence-corrected chi connectivity index (χ1v) is 8.02. The molecule has 2 aromatic rings. The van der Waals surface area contributed by atoms with Crippen LogP contribution in [0.1, 0.15) is 55.0 Å². The average Bonchev–Trinajstić information content (AvgIpc) is 2.93. The summed E-state index contributed by atoms with van der Waals surface area (Å²) >= 11 is 0. The van der Waals surface area contributed by atoms with Crippen LogP contribution in [-0.4, -0.2) is 15.7 Å². The molecule has 1 saturated carbocycles. The van der Waals surface area contributed by atoms with E-state index in [1.54, 1.807) is 17.0 Å². The zero-order chi connectivity index (χ0) is 16.6. The summed E-state index contributed by atoms with van der Waals surface area (Å²) in [5.41, 5.74) is 2.08. The summed E-state index contributed by atoms with van der Waals surface area (Å²) in [6.07, 6.45) is 6.22. The molecule has 3 rings (SSSR count). The highest BCUT2D eigenvalue weighted by molar-refractivity contribution is 5.91. The fourth-order valence-electron chi connectivity index (χ4n) is 2.81. The lowest BCUT2D eigenvalue weighted by Gasteiger charge is -2.11. The Labute approximate surface area is 136 Å². The number of rotatable bonds is 5. The predicted octanol–water partition coefficient (Wildman–Crippen LogP) is 3.34. The number of amides is 1. The largest absolute Gasteiger partial charge is 0.461 e. The van der Waals surface area contributed by atoms with E-state index in [4.69, 9.17) is 4.42 Å². The maximum absolute atomic E-state index is 12.1. The summed E-state index contributed by atoms with van der Waals surface area (Å²) in [6.45, 7) is 6.16. The highest BCUT2D eigenvalue weighted by atomic mass is 16.3. The van der Waals surface area contributed by atoms with Gasteiger partial charge in [-0.25, -0.2) is 0 Å². The minimum Gasteiger partial charge on any atom is -0.461 e. The minimum atomic E-state index is -0.140. The van der Waals surface area contributed by atoms with Crippen LogP contribution in [0.15, 0.2) is 28.8 Å². The molecule has 1 fully saturated rings. The molecule has 0 saturated heterocycles. The van der Waals surface area contributed by atoms with Crippen LogP contribution in [-0.2, 0) is 11.8 Å². The SMILES string of the molecule is Cc1c([C@H](C)NC(=O)/C=C\c2ccc([C@@H]3C[C@H]3C)o2)cnn1C. The van der Waals surface area contributed by atoms with Crippen molar-refractivity contribution in [1.82, 2.24) is 15.1 Å². The maximum Gasteiger partial charge on any atom is 0.244 e. The number of hydrogen-bond acceptors (Lipinski definition) is 3. The molecule has 1 aliphatic carbocycles. The van der Waals surface area contributed by atoms with Crippen molar-refractivity contribution in [3.05, 3.63) is 47.2 Å². The van der Waals surface area contributed by atoms with E-state index >= 15 is 0 Å². The summed E-state index contributed by atoms with van der Waals surface area (Å²) in [4.78, 5) is 12.1. The Morgan fingerprint density at radius 1 is 1.52 bits per heavy atom. The Morgan fingerprint density at radius 2 is 2.26 bits per heavy atom. The second-order valence-corrected chi connectivity index (χ2v) is 6.43. The van der Waals surface area contributed by atoms with Gasteiger partial charge in [0.25, 0.3) is 0 Å². The number of carbonyl (C=O) groups is 1. The molecule has 23 heavy (non-hydrogen) atoms. The number of aryl methyl sites for hydroxylation is 1. The number of furan rings is 1. The van der Waals surface area contributed by atoms with Crippen molar-refractivity contribution < 1.29 is 9.21 Å². The smallest absolute Gasteiger partial charge is 0.244 e. The normalized spacial score (nSPS) is 21.6. The summed E-state index contributed by atoms with van der Waals surface area (Å²) < 4.78 is 7.56. The van der Waals surface area contributed by atoms with Crippen molar-refractivity contribution in [2.75, 3.05) is 0 Å². The maximum atomic E-state index is 12.1. The standard InChI is InChI=1S/C18H23N3O2/c1-11-9-15(11)17-7-5-14(23-17)6-8-18(22)20-12(2)16-10-19-21(4)13(16)3/h5-8,10-12,15H,9H2,1-4H3,(H,20,22)/b8-6-/t11-,12+,15-/m1/s1. The molecule has 2 heterocycles. The quantitative estimate of drug-likeness (QED) is 0.861. The summed E-state index contributed by atoms with van der Waals surface area (Å²) in [6, 6.07) is 3.84. The van der Waals surface area contributed by atoms with Crippen molar-refractivity contribution in [3.8, 4) is 0 Å². The van der Waals surface area contributed by atoms with E-state index in [0.717, 1.165) is 22.8 Å².